The van der Waals surface area contributed by atoms with Gasteiger partial charge in [-0.3, -0.25) is 9.59 Å². The average molecular weight is 909 g/mol. The van der Waals surface area contributed by atoms with Crippen LogP contribution in [0.3, 0.4) is 0 Å². The van der Waals surface area contributed by atoms with Crippen LogP contribution in [0.25, 0.3) is 0 Å². The zero-order valence-corrected chi connectivity index (χ0v) is 39.3. The van der Waals surface area contributed by atoms with Crippen molar-refractivity contribution in [2.75, 3.05) is 37.7 Å². The Morgan fingerprint density at radius 2 is 1.07 bits per heavy atom. The molecule has 4 unspecified atom stereocenters. The zero-order chi connectivity index (χ0) is 44.6. The molecule has 4 aromatic carbocycles. The summed E-state index contributed by atoms with van der Waals surface area (Å²) in [7, 11) is -7.54. The molecule has 0 aliphatic carbocycles. The number of carbonyl (C=O) groups is 2. The van der Waals surface area contributed by atoms with Crippen molar-refractivity contribution in [3.63, 3.8) is 0 Å². The van der Waals surface area contributed by atoms with E-state index in [0.29, 0.717) is 31.0 Å². The van der Waals surface area contributed by atoms with Crippen LogP contribution < -0.4 is 10.6 Å². The lowest BCUT2D eigenvalue weighted by Crippen LogP contribution is -2.45. The highest BCUT2D eigenvalue weighted by Gasteiger charge is 2.42. The quantitative estimate of drug-likeness (QED) is 0.126. The number of rotatable bonds is 13. The van der Waals surface area contributed by atoms with Crippen molar-refractivity contribution < 1.29 is 31.5 Å². The second-order valence-corrected chi connectivity index (χ2v) is 23.4. The fraction of sp³-hybridized carbons (Fsp3) is 0.435. The monoisotopic (exact) mass is 908 g/mol. The summed E-state index contributed by atoms with van der Waals surface area (Å²) < 4.78 is 55.6. The van der Waals surface area contributed by atoms with Crippen molar-refractivity contribution in [1.82, 2.24) is 19.2 Å². The molecule has 0 radical (unpaired) electrons. The number of thioether (sulfide) groups is 2. The van der Waals surface area contributed by atoms with Gasteiger partial charge in [0.2, 0.25) is 31.9 Å². The first kappa shape index (κ1) is 48.3. The van der Waals surface area contributed by atoms with Crippen LogP contribution in [0.5, 0.6) is 0 Å². The van der Waals surface area contributed by atoms with Gasteiger partial charge in [-0.25, -0.2) is 16.8 Å². The van der Waals surface area contributed by atoms with Gasteiger partial charge in [0.25, 0.3) is 0 Å². The van der Waals surface area contributed by atoms with Crippen molar-refractivity contribution >= 4 is 55.4 Å². The van der Waals surface area contributed by atoms with Gasteiger partial charge >= 0.3 is 0 Å². The molecule has 4 atom stereocenters. The van der Waals surface area contributed by atoms with Gasteiger partial charge < -0.3 is 15.7 Å². The molecule has 2 aliphatic rings. The van der Waals surface area contributed by atoms with Crippen molar-refractivity contribution in [3.8, 4) is 0 Å². The first-order valence-electron chi connectivity index (χ1n) is 20.5. The van der Waals surface area contributed by atoms with E-state index in [1.807, 2.05) is 91.9 Å². The number of nitrogens with zero attached hydrogens (tertiary/aromatic N) is 2. The van der Waals surface area contributed by atoms with E-state index in [1.165, 1.54) is 32.1 Å². The van der Waals surface area contributed by atoms with Crippen molar-refractivity contribution in [2.24, 2.45) is 0 Å². The molecule has 0 bridgehead atoms. The number of aliphatic hydroxyl groups excluding tert-OH is 1. The lowest BCUT2D eigenvalue weighted by atomic mass is 9.87. The van der Waals surface area contributed by atoms with Gasteiger partial charge in [-0.2, -0.15) is 8.61 Å². The van der Waals surface area contributed by atoms with Crippen molar-refractivity contribution in [2.45, 2.75) is 98.2 Å². The van der Waals surface area contributed by atoms with Crippen LogP contribution in [0.15, 0.2) is 119 Å². The summed E-state index contributed by atoms with van der Waals surface area (Å²) in [4.78, 5) is 26.3. The summed E-state index contributed by atoms with van der Waals surface area (Å²) in [5.41, 5.74) is 4.00. The Bertz CT molecular complexity index is 2280. The van der Waals surface area contributed by atoms with E-state index < -0.39 is 30.8 Å². The Labute approximate surface area is 371 Å². The maximum atomic E-state index is 13.3. The third kappa shape index (κ3) is 12.3. The topological polar surface area (TPSA) is 153 Å². The van der Waals surface area contributed by atoms with E-state index in [2.05, 4.69) is 52.2 Å². The Kier molecular flexibility index (Phi) is 16.4. The first-order valence-corrected chi connectivity index (χ1v) is 25.5. The number of hydrogen-bond acceptors (Lipinski definition) is 9. The molecule has 2 saturated heterocycles. The molecule has 3 N–H and O–H groups in total. The standard InChI is InChI=1S/C23H30N2O4S2.C23H30N2O3S2/c1-23(2,3)18-9-11-19(12-10-18)31(28,29)25-14-16-30-22(25)21(27)24-20(13-15-26)17-7-5-4-6-8-17;1-17(18-8-6-5-7-9-18)16-24-21(26)22-25(14-15-29-22)30(27,28)20-12-10-19(11-13-20)23(2,3)4/h4-12,20,22,26H,13-16H2,1-3H3,(H,24,27);5-13,17,22H,14-16H2,1-4H3,(H,24,26). The smallest absolute Gasteiger partial charge is 0.249 e. The lowest BCUT2D eigenvalue weighted by Gasteiger charge is -2.26. The third-order valence-corrected chi connectivity index (χ3v) is 17.1. The van der Waals surface area contributed by atoms with Gasteiger partial charge in [0.15, 0.2) is 0 Å². The number of nitrogens with one attached hydrogen (secondary N) is 2. The molecule has 11 nitrogen and oxygen atoms in total. The number of aliphatic hydroxyl groups is 1. The van der Waals surface area contributed by atoms with E-state index in [-0.39, 0.29) is 57.5 Å². The number of benzene rings is 4. The van der Waals surface area contributed by atoms with Crippen LogP contribution in [-0.2, 0) is 40.5 Å². The van der Waals surface area contributed by atoms with Gasteiger partial charge in [-0.1, -0.05) is 133 Å². The summed E-state index contributed by atoms with van der Waals surface area (Å²) in [5, 5.41) is 13.7. The highest BCUT2D eigenvalue weighted by atomic mass is 32.2. The Balaban J connectivity index is 0.000000231. The van der Waals surface area contributed by atoms with Gasteiger partial charge in [0.05, 0.1) is 15.8 Å². The Morgan fingerprint density at radius 3 is 1.48 bits per heavy atom. The van der Waals surface area contributed by atoms with E-state index in [4.69, 9.17) is 0 Å². The van der Waals surface area contributed by atoms with E-state index in [9.17, 15) is 31.5 Å². The summed E-state index contributed by atoms with van der Waals surface area (Å²) in [6.45, 7) is 15.5. The number of sulfonamides is 2. The maximum Gasteiger partial charge on any atom is 0.249 e. The number of carbonyl (C=O) groups excluding carboxylic acids is 2. The average Bonchev–Trinajstić information content (AvgIpc) is 3.96. The second-order valence-electron chi connectivity index (χ2n) is 17.3. The van der Waals surface area contributed by atoms with Gasteiger partial charge in [-0.05, 0) is 69.7 Å². The molecule has 6 rings (SSSR count). The van der Waals surface area contributed by atoms with Crippen LogP contribution >= 0.6 is 23.5 Å². The molecule has 330 valence electrons. The molecule has 0 spiro atoms. The predicted molar refractivity (Wildman–Crippen MR) is 247 cm³/mol. The minimum atomic E-state index is -3.81. The largest absolute Gasteiger partial charge is 0.396 e. The van der Waals surface area contributed by atoms with Crippen molar-refractivity contribution in [1.29, 1.82) is 0 Å². The first-order chi connectivity index (χ1) is 28.7. The zero-order valence-electron chi connectivity index (χ0n) is 36.1. The predicted octanol–water partition coefficient (Wildman–Crippen LogP) is 7.26. The molecular formula is C46H60N4O7S4. The molecule has 0 saturated carbocycles. The van der Waals surface area contributed by atoms with Crippen LogP contribution in [0.2, 0.25) is 0 Å². The third-order valence-electron chi connectivity index (χ3n) is 10.7. The maximum absolute atomic E-state index is 13.3. The summed E-state index contributed by atoms with van der Waals surface area (Å²) in [6.07, 6.45) is 0.355. The molecule has 2 amide bonds. The van der Waals surface area contributed by atoms with Crippen LogP contribution in [-0.4, -0.2) is 90.9 Å². The molecule has 15 heteroatoms. The van der Waals surface area contributed by atoms with E-state index in [0.717, 1.165) is 22.3 Å². The molecule has 2 heterocycles. The minimum absolute atomic E-state index is 0.0519. The van der Waals surface area contributed by atoms with Crippen LogP contribution in [0, 0.1) is 0 Å². The molecule has 2 fully saturated rings. The second kappa shape index (κ2) is 20.7. The van der Waals surface area contributed by atoms with E-state index in [1.54, 1.807) is 24.3 Å². The van der Waals surface area contributed by atoms with E-state index >= 15 is 0 Å². The number of hydrogen-bond donors (Lipinski definition) is 3. The van der Waals surface area contributed by atoms with Crippen molar-refractivity contribution in [3.05, 3.63) is 131 Å². The highest BCUT2D eigenvalue weighted by Crippen LogP contribution is 2.34. The molecule has 61 heavy (non-hydrogen) atoms. The molecule has 2 aliphatic heterocycles. The molecule has 4 aromatic rings. The summed E-state index contributed by atoms with van der Waals surface area (Å²) >= 11 is 2.68. The molecular weight excluding hydrogens is 849 g/mol. The Morgan fingerprint density at radius 1 is 0.656 bits per heavy atom. The summed E-state index contributed by atoms with van der Waals surface area (Å²) in [6, 6.07) is 32.9. The lowest BCUT2D eigenvalue weighted by molar-refractivity contribution is -0.123. The minimum Gasteiger partial charge on any atom is -0.396 e. The summed E-state index contributed by atoms with van der Waals surface area (Å²) in [5.74, 6) is 0.686. The van der Waals surface area contributed by atoms with Crippen LogP contribution in [0.4, 0.5) is 0 Å². The highest BCUT2D eigenvalue weighted by molar-refractivity contribution is 8.02. The van der Waals surface area contributed by atoms with Gasteiger partial charge in [0.1, 0.15) is 10.7 Å². The normalized spacial score (nSPS) is 18.8. The fourth-order valence-electron chi connectivity index (χ4n) is 6.96. The Hall–Kier alpha value is -3.70. The molecule has 0 aromatic heterocycles. The SMILES string of the molecule is CC(C)(C)c1ccc(S(=O)(=O)N2CCSC2C(=O)NC(CCO)c2ccccc2)cc1.CC(CNC(=O)C1SCCN1S(=O)(=O)c1ccc(C(C)(C)C)cc1)c1ccccc1. The van der Waals surface area contributed by atoms with Gasteiger partial charge in [-0.15, -0.1) is 23.5 Å². The van der Waals surface area contributed by atoms with Gasteiger partial charge in [0, 0.05) is 37.7 Å². The van der Waals surface area contributed by atoms with Crippen LogP contribution in [0.1, 0.15) is 89.1 Å². The number of amides is 2. The fourth-order valence-corrected chi connectivity index (χ4v) is 13.1.